The highest BCUT2D eigenvalue weighted by Gasteiger charge is 2.25. The fraction of sp³-hybridized carbons (Fsp3) is 0.0833. The molecule has 1 aromatic rings. The van der Waals surface area contributed by atoms with E-state index in [2.05, 4.69) is 15.0 Å². The molecule has 0 radical (unpaired) electrons. The molecule has 1 aromatic carbocycles. The number of aliphatic imine (C=N–C) groups is 1. The molecule has 1 saturated heterocycles. The van der Waals surface area contributed by atoms with Crippen molar-refractivity contribution < 1.29 is 14.3 Å². The maximum absolute atomic E-state index is 11.6. The van der Waals surface area contributed by atoms with Gasteiger partial charge in [0.2, 0.25) is 0 Å². The van der Waals surface area contributed by atoms with Gasteiger partial charge in [-0.25, -0.2) is 9.79 Å². The Balaban J connectivity index is 2.26. The van der Waals surface area contributed by atoms with Crippen molar-refractivity contribution in [2.45, 2.75) is 0 Å². The van der Waals surface area contributed by atoms with Gasteiger partial charge < -0.3 is 10.1 Å². The number of carbonyl (C=O) groups is 2. The summed E-state index contributed by atoms with van der Waals surface area (Å²) in [5, 5.41) is 3.50. The second-order valence-corrected chi connectivity index (χ2v) is 5.39. The lowest BCUT2D eigenvalue weighted by Crippen LogP contribution is -2.19. The summed E-state index contributed by atoms with van der Waals surface area (Å²) < 4.78 is 4.46. The molecule has 104 valence electrons. The minimum Gasteiger partial charge on any atom is -0.466 e. The van der Waals surface area contributed by atoms with Gasteiger partial charge in [0.05, 0.1) is 27.7 Å². The molecule has 20 heavy (non-hydrogen) atoms. The van der Waals surface area contributed by atoms with Crippen molar-refractivity contribution in [3.05, 3.63) is 39.2 Å². The largest absolute Gasteiger partial charge is 0.466 e. The molecule has 0 spiro atoms. The number of amides is 1. The van der Waals surface area contributed by atoms with E-state index in [1.54, 1.807) is 18.2 Å². The summed E-state index contributed by atoms with van der Waals surface area (Å²) in [6.45, 7) is 0. The summed E-state index contributed by atoms with van der Waals surface area (Å²) >= 11 is 12.9. The molecule has 1 aliphatic heterocycles. The van der Waals surface area contributed by atoms with Crippen LogP contribution in [-0.4, -0.2) is 24.2 Å². The van der Waals surface area contributed by atoms with Gasteiger partial charge >= 0.3 is 5.97 Å². The van der Waals surface area contributed by atoms with Gasteiger partial charge in [-0.1, -0.05) is 29.3 Å². The van der Waals surface area contributed by atoms with Crippen molar-refractivity contribution >= 4 is 57.7 Å². The summed E-state index contributed by atoms with van der Waals surface area (Å²) in [7, 11) is 1.23. The lowest BCUT2D eigenvalue weighted by Gasteiger charge is -2.00. The van der Waals surface area contributed by atoms with E-state index in [0.717, 1.165) is 17.8 Å². The van der Waals surface area contributed by atoms with Crippen LogP contribution in [0, 0.1) is 0 Å². The van der Waals surface area contributed by atoms with Crippen LogP contribution in [0.4, 0.5) is 5.69 Å². The van der Waals surface area contributed by atoms with Crippen molar-refractivity contribution in [1.82, 2.24) is 5.32 Å². The van der Waals surface area contributed by atoms with Crippen LogP contribution in [0.5, 0.6) is 0 Å². The predicted octanol–water partition coefficient (Wildman–Crippen LogP) is 2.90. The molecule has 0 aromatic heterocycles. The molecular weight excluding hydrogens is 323 g/mol. The van der Waals surface area contributed by atoms with E-state index in [-0.39, 0.29) is 4.91 Å². The first-order valence-electron chi connectivity index (χ1n) is 5.33. The van der Waals surface area contributed by atoms with Gasteiger partial charge in [-0.3, -0.25) is 4.79 Å². The van der Waals surface area contributed by atoms with Gasteiger partial charge in [-0.15, -0.1) is 0 Å². The van der Waals surface area contributed by atoms with Crippen LogP contribution in [0.3, 0.4) is 0 Å². The summed E-state index contributed by atoms with van der Waals surface area (Å²) in [5.74, 6) is -1.03. The topological polar surface area (TPSA) is 67.8 Å². The number of esters is 1. The molecule has 1 fully saturated rings. The van der Waals surface area contributed by atoms with Crippen LogP contribution in [0.2, 0.25) is 10.0 Å². The zero-order chi connectivity index (χ0) is 14.7. The van der Waals surface area contributed by atoms with Crippen molar-refractivity contribution in [2.75, 3.05) is 7.11 Å². The number of rotatable bonds is 2. The molecule has 1 heterocycles. The van der Waals surface area contributed by atoms with Gasteiger partial charge in [0.25, 0.3) is 5.91 Å². The highest BCUT2D eigenvalue weighted by molar-refractivity contribution is 8.18. The van der Waals surface area contributed by atoms with Crippen LogP contribution in [0.15, 0.2) is 34.2 Å². The first kappa shape index (κ1) is 14.9. The van der Waals surface area contributed by atoms with Gasteiger partial charge in [0.1, 0.15) is 0 Å². The number of benzene rings is 1. The van der Waals surface area contributed by atoms with E-state index in [4.69, 9.17) is 23.2 Å². The SMILES string of the molecule is COC(=O)/C=C1\SC(=Nc2cccc(Cl)c2Cl)NC1=O. The number of nitrogens with zero attached hydrogens (tertiary/aromatic N) is 1. The van der Waals surface area contributed by atoms with Gasteiger partial charge in [0.15, 0.2) is 5.17 Å². The number of ether oxygens (including phenoxy) is 1. The Hall–Kier alpha value is -1.50. The molecule has 1 amide bonds. The first-order chi connectivity index (χ1) is 9.51. The minimum absolute atomic E-state index is 0.203. The van der Waals surface area contributed by atoms with Crippen molar-refractivity contribution in [3.8, 4) is 0 Å². The first-order valence-corrected chi connectivity index (χ1v) is 6.90. The Morgan fingerprint density at radius 1 is 1.45 bits per heavy atom. The molecule has 1 aliphatic rings. The fourth-order valence-corrected chi connectivity index (χ4v) is 2.47. The maximum Gasteiger partial charge on any atom is 0.331 e. The molecule has 0 atom stereocenters. The summed E-state index contributed by atoms with van der Waals surface area (Å²) in [5.41, 5.74) is 0.432. The highest BCUT2D eigenvalue weighted by Crippen LogP contribution is 2.34. The average Bonchev–Trinajstić information content (AvgIpc) is 2.75. The third-order valence-electron chi connectivity index (χ3n) is 2.25. The van der Waals surface area contributed by atoms with E-state index in [1.807, 2.05) is 0 Å². The smallest absolute Gasteiger partial charge is 0.331 e. The lowest BCUT2D eigenvalue weighted by molar-refractivity contribution is -0.135. The second-order valence-electron chi connectivity index (χ2n) is 3.58. The minimum atomic E-state index is -0.607. The van der Waals surface area contributed by atoms with E-state index in [0.29, 0.717) is 20.9 Å². The Labute approximate surface area is 129 Å². The third kappa shape index (κ3) is 3.33. The van der Waals surface area contributed by atoms with Crippen molar-refractivity contribution in [3.63, 3.8) is 0 Å². The summed E-state index contributed by atoms with van der Waals surface area (Å²) in [6.07, 6.45) is 1.10. The van der Waals surface area contributed by atoms with E-state index in [9.17, 15) is 9.59 Å². The Morgan fingerprint density at radius 2 is 2.20 bits per heavy atom. The van der Waals surface area contributed by atoms with Crippen LogP contribution < -0.4 is 5.32 Å². The Morgan fingerprint density at radius 3 is 2.90 bits per heavy atom. The van der Waals surface area contributed by atoms with Crippen LogP contribution >= 0.6 is 35.0 Å². The normalized spacial score (nSPS) is 18.4. The van der Waals surface area contributed by atoms with Crippen LogP contribution in [-0.2, 0) is 14.3 Å². The molecule has 0 aliphatic carbocycles. The summed E-state index contributed by atoms with van der Waals surface area (Å²) in [4.78, 5) is 27.1. The number of hydrogen-bond donors (Lipinski definition) is 1. The standard InChI is InChI=1S/C12H8Cl2N2O3S/c1-19-9(17)5-8-11(18)16-12(20-8)15-7-4-2-3-6(13)10(7)14/h2-5H,1H3,(H,15,16,18)/b8-5-. The highest BCUT2D eigenvalue weighted by atomic mass is 35.5. The molecule has 2 rings (SSSR count). The quantitative estimate of drug-likeness (QED) is 0.668. The predicted molar refractivity (Wildman–Crippen MR) is 79.4 cm³/mol. The third-order valence-corrected chi connectivity index (χ3v) is 3.97. The summed E-state index contributed by atoms with van der Waals surface area (Å²) in [6, 6.07) is 4.99. The lowest BCUT2D eigenvalue weighted by atomic mass is 10.3. The number of thioether (sulfide) groups is 1. The monoisotopic (exact) mass is 330 g/mol. The molecular formula is C12H8Cl2N2O3S. The second kappa shape index (κ2) is 6.30. The number of carbonyl (C=O) groups excluding carboxylic acids is 2. The molecule has 8 heteroatoms. The zero-order valence-corrected chi connectivity index (χ0v) is 12.5. The Kier molecular flexibility index (Phi) is 4.69. The van der Waals surface area contributed by atoms with Crippen molar-refractivity contribution in [2.24, 2.45) is 4.99 Å². The van der Waals surface area contributed by atoms with E-state index < -0.39 is 11.9 Å². The molecule has 5 nitrogen and oxygen atoms in total. The van der Waals surface area contributed by atoms with Crippen molar-refractivity contribution in [1.29, 1.82) is 0 Å². The zero-order valence-electron chi connectivity index (χ0n) is 10.1. The molecule has 1 N–H and O–H groups in total. The number of methoxy groups -OCH3 is 1. The molecule has 0 unspecified atom stereocenters. The van der Waals surface area contributed by atoms with Gasteiger partial charge in [-0.2, -0.15) is 0 Å². The Bertz CT molecular complexity index is 644. The van der Waals surface area contributed by atoms with Crippen LogP contribution in [0.1, 0.15) is 0 Å². The van der Waals surface area contributed by atoms with Gasteiger partial charge in [-0.05, 0) is 23.9 Å². The number of nitrogens with one attached hydrogen (secondary N) is 1. The number of amidine groups is 1. The number of halogens is 2. The van der Waals surface area contributed by atoms with E-state index >= 15 is 0 Å². The van der Waals surface area contributed by atoms with E-state index in [1.165, 1.54) is 7.11 Å². The van der Waals surface area contributed by atoms with Crippen LogP contribution in [0.25, 0.3) is 0 Å². The maximum atomic E-state index is 11.6. The fourth-order valence-electron chi connectivity index (χ4n) is 1.33. The van der Waals surface area contributed by atoms with Gasteiger partial charge in [0, 0.05) is 6.08 Å². The number of hydrogen-bond acceptors (Lipinski definition) is 5. The molecule has 0 bridgehead atoms. The molecule has 0 saturated carbocycles. The average molecular weight is 331 g/mol.